The van der Waals surface area contributed by atoms with Gasteiger partial charge in [0, 0.05) is 38.7 Å². The van der Waals surface area contributed by atoms with Crippen molar-refractivity contribution >= 4 is 15.7 Å². The first-order valence-electron chi connectivity index (χ1n) is 6.65. The average molecular weight is 305 g/mol. The second-order valence-electron chi connectivity index (χ2n) is 4.84. The Kier molecular flexibility index (Phi) is 4.93. The van der Waals surface area contributed by atoms with Crippen molar-refractivity contribution in [3.63, 3.8) is 0 Å². The Morgan fingerprint density at radius 2 is 1.67 bits per heavy atom. The Bertz CT molecular complexity index is 668. The minimum absolute atomic E-state index is 0.298. The molecule has 1 heterocycles. The van der Waals surface area contributed by atoms with Crippen molar-refractivity contribution in [2.75, 3.05) is 26.0 Å². The second-order valence-corrected chi connectivity index (χ2v) is 7.00. The fourth-order valence-corrected chi connectivity index (χ4v) is 2.76. The van der Waals surface area contributed by atoms with Gasteiger partial charge < -0.3 is 5.32 Å². The van der Waals surface area contributed by atoms with Crippen molar-refractivity contribution in [2.45, 2.75) is 11.3 Å². The molecule has 112 valence electrons. The van der Waals surface area contributed by atoms with Gasteiger partial charge in [-0.3, -0.25) is 4.98 Å². The summed E-state index contributed by atoms with van der Waals surface area (Å²) >= 11 is 0. The SMILES string of the molecule is CN(C)S(=O)(=O)c1ccc(NCCc2ccncc2)cc1. The molecule has 0 aliphatic carbocycles. The molecule has 0 unspecified atom stereocenters. The number of sulfonamides is 1. The first-order valence-corrected chi connectivity index (χ1v) is 8.09. The first kappa shape index (κ1) is 15.5. The Balaban J connectivity index is 1.94. The molecule has 0 saturated carbocycles. The van der Waals surface area contributed by atoms with Gasteiger partial charge in [-0.2, -0.15) is 0 Å². The van der Waals surface area contributed by atoms with Gasteiger partial charge in [-0.05, 0) is 48.4 Å². The van der Waals surface area contributed by atoms with E-state index in [1.165, 1.54) is 24.0 Å². The Labute approximate surface area is 125 Å². The summed E-state index contributed by atoms with van der Waals surface area (Å²) in [6.45, 7) is 0.782. The highest BCUT2D eigenvalue weighted by Crippen LogP contribution is 2.16. The summed E-state index contributed by atoms with van der Waals surface area (Å²) < 4.78 is 25.1. The summed E-state index contributed by atoms with van der Waals surface area (Å²) in [6, 6.07) is 10.8. The molecule has 1 aromatic heterocycles. The first-order chi connectivity index (χ1) is 10.00. The summed E-state index contributed by atoms with van der Waals surface area (Å²) in [5.41, 5.74) is 2.12. The van der Waals surface area contributed by atoms with Crippen LogP contribution in [0.4, 0.5) is 5.69 Å². The number of pyridine rings is 1. The molecule has 2 aromatic rings. The van der Waals surface area contributed by atoms with E-state index in [0.29, 0.717) is 4.90 Å². The smallest absolute Gasteiger partial charge is 0.242 e. The van der Waals surface area contributed by atoms with Crippen molar-refractivity contribution in [1.29, 1.82) is 0 Å². The molecule has 2 rings (SSSR count). The third-order valence-electron chi connectivity index (χ3n) is 3.13. The highest BCUT2D eigenvalue weighted by molar-refractivity contribution is 7.89. The Morgan fingerprint density at radius 1 is 1.05 bits per heavy atom. The highest BCUT2D eigenvalue weighted by atomic mass is 32.2. The van der Waals surface area contributed by atoms with Crippen LogP contribution in [0.5, 0.6) is 0 Å². The molecule has 1 aromatic carbocycles. The van der Waals surface area contributed by atoms with Gasteiger partial charge in [0.05, 0.1) is 4.90 Å². The summed E-state index contributed by atoms with van der Waals surface area (Å²) in [5, 5.41) is 3.27. The Morgan fingerprint density at radius 3 is 2.24 bits per heavy atom. The lowest BCUT2D eigenvalue weighted by molar-refractivity contribution is 0.521. The molecule has 0 spiro atoms. The van der Waals surface area contributed by atoms with Crippen LogP contribution in [0.1, 0.15) is 5.56 Å². The number of anilines is 1. The van der Waals surface area contributed by atoms with Crippen LogP contribution in [0.3, 0.4) is 0 Å². The number of nitrogens with zero attached hydrogens (tertiary/aromatic N) is 2. The summed E-state index contributed by atoms with van der Waals surface area (Å²) in [6.07, 6.45) is 4.44. The van der Waals surface area contributed by atoms with Gasteiger partial charge >= 0.3 is 0 Å². The van der Waals surface area contributed by atoms with Gasteiger partial charge in [-0.1, -0.05) is 0 Å². The van der Waals surface area contributed by atoms with E-state index in [-0.39, 0.29) is 0 Å². The van der Waals surface area contributed by atoms with Crippen molar-refractivity contribution in [2.24, 2.45) is 0 Å². The fourth-order valence-electron chi connectivity index (χ4n) is 1.86. The normalized spacial score (nSPS) is 11.6. The minimum atomic E-state index is -3.36. The topological polar surface area (TPSA) is 62.3 Å². The lowest BCUT2D eigenvalue weighted by Gasteiger charge is -2.12. The van der Waals surface area contributed by atoms with Crippen LogP contribution in [-0.2, 0) is 16.4 Å². The largest absolute Gasteiger partial charge is 0.385 e. The van der Waals surface area contributed by atoms with Crippen LogP contribution in [0, 0.1) is 0 Å². The number of aromatic nitrogens is 1. The standard InChI is InChI=1S/C15H19N3O2S/c1-18(2)21(19,20)15-5-3-14(4-6-15)17-12-9-13-7-10-16-11-8-13/h3-8,10-11,17H,9,12H2,1-2H3. The molecule has 6 heteroatoms. The van der Waals surface area contributed by atoms with Gasteiger partial charge in [-0.15, -0.1) is 0 Å². The van der Waals surface area contributed by atoms with E-state index in [4.69, 9.17) is 0 Å². The maximum atomic E-state index is 11.9. The highest BCUT2D eigenvalue weighted by Gasteiger charge is 2.16. The number of rotatable bonds is 6. The van der Waals surface area contributed by atoms with Crippen LogP contribution in [0.25, 0.3) is 0 Å². The predicted molar refractivity (Wildman–Crippen MR) is 83.7 cm³/mol. The van der Waals surface area contributed by atoms with Crippen LogP contribution in [0.2, 0.25) is 0 Å². The number of nitrogens with one attached hydrogen (secondary N) is 1. The average Bonchev–Trinajstić information content (AvgIpc) is 2.49. The predicted octanol–water partition coefficient (Wildman–Crippen LogP) is 1.99. The van der Waals surface area contributed by atoms with Gasteiger partial charge in [0.15, 0.2) is 0 Å². The van der Waals surface area contributed by atoms with E-state index in [2.05, 4.69) is 10.3 Å². The summed E-state index contributed by atoms with van der Waals surface area (Å²) in [7, 11) is -0.310. The van der Waals surface area contributed by atoms with Crippen molar-refractivity contribution in [1.82, 2.24) is 9.29 Å². The number of benzene rings is 1. The molecule has 5 nitrogen and oxygen atoms in total. The van der Waals surface area contributed by atoms with Crippen molar-refractivity contribution < 1.29 is 8.42 Å². The zero-order valence-corrected chi connectivity index (χ0v) is 13.0. The minimum Gasteiger partial charge on any atom is -0.385 e. The van der Waals surface area contributed by atoms with E-state index in [1.54, 1.807) is 36.7 Å². The summed E-state index contributed by atoms with van der Waals surface area (Å²) in [5.74, 6) is 0. The maximum absolute atomic E-state index is 11.9. The molecule has 0 saturated heterocycles. The van der Waals surface area contributed by atoms with Gasteiger partial charge in [0.2, 0.25) is 10.0 Å². The van der Waals surface area contributed by atoms with Crippen LogP contribution < -0.4 is 5.32 Å². The number of hydrogen-bond acceptors (Lipinski definition) is 4. The third kappa shape index (κ3) is 4.03. The van der Waals surface area contributed by atoms with E-state index < -0.39 is 10.0 Å². The number of hydrogen-bond donors (Lipinski definition) is 1. The molecular formula is C15H19N3O2S. The lowest BCUT2D eigenvalue weighted by atomic mass is 10.2. The summed E-state index contributed by atoms with van der Waals surface area (Å²) in [4.78, 5) is 4.28. The van der Waals surface area contributed by atoms with E-state index in [9.17, 15) is 8.42 Å². The van der Waals surface area contributed by atoms with Crippen LogP contribution >= 0.6 is 0 Å². The molecular weight excluding hydrogens is 286 g/mol. The van der Waals surface area contributed by atoms with Crippen LogP contribution in [-0.4, -0.2) is 38.3 Å². The lowest BCUT2D eigenvalue weighted by Crippen LogP contribution is -2.22. The molecule has 0 atom stereocenters. The van der Waals surface area contributed by atoms with E-state index in [0.717, 1.165) is 18.7 Å². The molecule has 0 amide bonds. The molecule has 0 bridgehead atoms. The molecule has 1 N–H and O–H groups in total. The van der Waals surface area contributed by atoms with Crippen molar-refractivity contribution in [3.05, 3.63) is 54.4 Å². The molecule has 0 aliphatic heterocycles. The molecule has 0 radical (unpaired) electrons. The third-order valence-corrected chi connectivity index (χ3v) is 4.95. The quantitative estimate of drug-likeness (QED) is 0.886. The second kappa shape index (κ2) is 6.69. The maximum Gasteiger partial charge on any atom is 0.242 e. The van der Waals surface area contributed by atoms with E-state index >= 15 is 0 Å². The molecule has 21 heavy (non-hydrogen) atoms. The van der Waals surface area contributed by atoms with E-state index in [1.807, 2.05) is 12.1 Å². The van der Waals surface area contributed by atoms with Gasteiger partial charge in [0.1, 0.15) is 0 Å². The monoisotopic (exact) mass is 305 g/mol. The molecule has 0 fully saturated rings. The molecule has 0 aliphatic rings. The Hall–Kier alpha value is -1.92. The van der Waals surface area contributed by atoms with Gasteiger partial charge in [-0.25, -0.2) is 12.7 Å². The zero-order valence-electron chi connectivity index (χ0n) is 12.2. The fraction of sp³-hybridized carbons (Fsp3) is 0.267. The van der Waals surface area contributed by atoms with Gasteiger partial charge in [0.25, 0.3) is 0 Å². The zero-order chi connectivity index (χ0) is 15.3. The van der Waals surface area contributed by atoms with Crippen molar-refractivity contribution in [3.8, 4) is 0 Å². The van der Waals surface area contributed by atoms with Crippen LogP contribution in [0.15, 0.2) is 53.7 Å².